The molecule has 0 aromatic heterocycles. The molecule has 1 heterocycles. The van der Waals surface area contributed by atoms with Gasteiger partial charge in [0.2, 0.25) is 0 Å². The summed E-state index contributed by atoms with van der Waals surface area (Å²) in [4.78, 5) is 14.6. The van der Waals surface area contributed by atoms with Crippen LogP contribution in [0.1, 0.15) is 52.4 Å². The van der Waals surface area contributed by atoms with Gasteiger partial charge in [-0.15, -0.1) is 0 Å². The molecule has 1 saturated carbocycles. The molecular weight excluding hydrogens is 240 g/mol. The maximum Gasteiger partial charge on any atom is 0.251 e. The van der Waals surface area contributed by atoms with Crippen LogP contribution in [-0.4, -0.2) is 42.1 Å². The van der Waals surface area contributed by atoms with Gasteiger partial charge in [0.15, 0.2) is 0 Å². The SMILES string of the molecule is CCC(OC1CCCC1)C(=O)N1CC(CN)CC1C. The van der Waals surface area contributed by atoms with E-state index in [0.29, 0.717) is 24.6 Å². The summed E-state index contributed by atoms with van der Waals surface area (Å²) in [5.74, 6) is 0.640. The summed E-state index contributed by atoms with van der Waals surface area (Å²) in [6.45, 7) is 5.64. The van der Waals surface area contributed by atoms with Gasteiger partial charge in [0.25, 0.3) is 5.91 Å². The molecule has 4 heteroatoms. The van der Waals surface area contributed by atoms with E-state index in [4.69, 9.17) is 10.5 Å². The lowest BCUT2D eigenvalue weighted by molar-refractivity contribution is -0.148. The largest absolute Gasteiger partial charge is 0.365 e. The number of rotatable bonds is 5. The molecule has 0 aromatic carbocycles. The molecular formula is C15H28N2O2. The van der Waals surface area contributed by atoms with Gasteiger partial charge in [0, 0.05) is 12.6 Å². The van der Waals surface area contributed by atoms with E-state index in [1.54, 1.807) is 0 Å². The van der Waals surface area contributed by atoms with Gasteiger partial charge in [0.1, 0.15) is 6.10 Å². The van der Waals surface area contributed by atoms with E-state index in [-0.39, 0.29) is 12.0 Å². The zero-order valence-corrected chi connectivity index (χ0v) is 12.3. The van der Waals surface area contributed by atoms with Gasteiger partial charge in [-0.25, -0.2) is 0 Å². The van der Waals surface area contributed by atoms with Gasteiger partial charge < -0.3 is 15.4 Å². The minimum atomic E-state index is -0.248. The molecule has 0 spiro atoms. The van der Waals surface area contributed by atoms with E-state index >= 15 is 0 Å². The molecule has 2 fully saturated rings. The topological polar surface area (TPSA) is 55.6 Å². The van der Waals surface area contributed by atoms with Crippen molar-refractivity contribution in [2.75, 3.05) is 13.1 Å². The Morgan fingerprint density at radius 1 is 1.42 bits per heavy atom. The maximum absolute atomic E-state index is 12.6. The average molecular weight is 268 g/mol. The van der Waals surface area contributed by atoms with Crippen LogP contribution in [0.15, 0.2) is 0 Å². The second-order valence-corrected chi connectivity index (χ2v) is 6.12. The molecule has 3 unspecified atom stereocenters. The number of carbonyl (C=O) groups is 1. The van der Waals surface area contributed by atoms with E-state index in [0.717, 1.165) is 32.2 Å². The van der Waals surface area contributed by atoms with Crippen LogP contribution in [0, 0.1) is 5.92 Å². The smallest absolute Gasteiger partial charge is 0.251 e. The lowest BCUT2D eigenvalue weighted by atomic mass is 10.1. The van der Waals surface area contributed by atoms with Crippen LogP contribution < -0.4 is 5.73 Å². The molecule has 4 nitrogen and oxygen atoms in total. The first-order chi connectivity index (χ1) is 9.15. The molecule has 19 heavy (non-hydrogen) atoms. The predicted molar refractivity (Wildman–Crippen MR) is 75.8 cm³/mol. The van der Waals surface area contributed by atoms with Crippen molar-refractivity contribution in [3.8, 4) is 0 Å². The zero-order valence-electron chi connectivity index (χ0n) is 12.3. The van der Waals surface area contributed by atoms with Gasteiger partial charge in [-0.1, -0.05) is 19.8 Å². The van der Waals surface area contributed by atoms with Crippen molar-refractivity contribution in [1.82, 2.24) is 4.90 Å². The lowest BCUT2D eigenvalue weighted by Crippen LogP contribution is -2.43. The van der Waals surface area contributed by atoms with Crippen molar-refractivity contribution < 1.29 is 9.53 Å². The fourth-order valence-corrected chi connectivity index (χ4v) is 3.39. The van der Waals surface area contributed by atoms with Crippen molar-refractivity contribution in [2.24, 2.45) is 11.7 Å². The number of nitrogens with zero attached hydrogens (tertiary/aromatic N) is 1. The maximum atomic E-state index is 12.6. The lowest BCUT2D eigenvalue weighted by Gasteiger charge is -2.28. The second-order valence-electron chi connectivity index (χ2n) is 6.12. The number of ether oxygens (including phenoxy) is 1. The van der Waals surface area contributed by atoms with E-state index in [9.17, 15) is 4.79 Å². The first-order valence-corrected chi connectivity index (χ1v) is 7.81. The molecule has 2 N–H and O–H groups in total. The van der Waals surface area contributed by atoms with E-state index in [2.05, 4.69) is 6.92 Å². The summed E-state index contributed by atoms with van der Waals surface area (Å²) in [7, 11) is 0. The first-order valence-electron chi connectivity index (χ1n) is 7.81. The molecule has 0 bridgehead atoms. The fraction of sp³-hybridized carbons (Fsp3) is 0.933. The third-order valence-electron chi connectivity index (χ3n) is 4.58. The van der Waals surface area contributed by atoms with Crippen molar-refractivity contribution in [3.63, 3.8) is 0 Å². The van der Waals surface area contributed by atoms with E-state index in [1.165, 1.54) is 12.8 Å². The third-order valence-corrected chi connectivity index (χ3v) is 4.58. The van der Waals surface area contributed by atoms with E-state index < -0.39 is 0 Å². The van der Waals surface area contributed by atoms with Crippen molar-refractivity contribution >= 4 is 5.91 Å². The molecule has 1 amide bonds. The molecule has 2 rings (SSSR count). The molecule has 1 saturated heterocycles. The summed E-state index contributed by atoms with van der Waals surface area (Å²) in [5, 5.41) is 0. The normalized spacial score (nSPS) is 29.9. The highest BCUT2D eigenvalue weighted by Crippen LogP contribution is 2.27. The van der Waals surface area contributed by atoms with Gasteiger partial charge in [-0.2, -0.15) is 0 Å². The van der Waals surface area contributed by atoms with Crippen molar-refractivity contribution in [3.05, 3.63) is 0 Å². The quantitative estimate of drug-likeness (QED) is 0.829. The fourth-order valence-electron chi connectivity index (χ4n) is 3.39. The highest BCUT2D eigenvalue weighted by molar-refractivity contribution is 5.81. The van der Waals surface area contributed by atoms with Gasteiger partial charge in [0.05, 0.1) is 6.10 Å². The highest BCUT2D eigenvalue weighted by Gasteiger charge is 2.36. The highest BCUT2D eigenvalue weighted by atomic mass is 16.5. The third kappa shape index (κ3) is 3.48. The van der Waals surface area contributed by atoms with Gasteiger partial charge in [-0.3, -0.25) is 4.79 Å². The minimum Gasteiger partial charge on any atom is -0.365 e. The number of likely N-dealkylation sites (tertiary alicyclic amines) is 1. The Morgan fingerprint density at radius 2 is 2.11 bits per heavy atom. The second kappa shape index (κ2) is 6.71. The number of hydrogen-bond acceptors (Lipinski definition) is 3. The van der Waals surface area contributed by atoms with Crippen LogP contribution in [0.3, 0.4) is 0 Å². The first kappa shape index (κ1) is 14.8. The Bertz CT molecular complexity index is 303. The molecule has 1 aliphatic carbocycles. The van der Waals surface area contributed by atoms with Gasteiger partial charge >= 0.3 is 0 Å². The van der Waals surface area contributed by atoms with Crippen molar-refractivity contribution in [2.45, 2.75) is 70.6 Å². The average Bonchev–Trinajstić information content (AvgIpc) is 3.04. The summed E-state index contributed by atoms with van der Waals surface area (Å²) in [5.41, 5.74) is 5.73. The van der Waals surface area contributed by atoms with Crippen LogP contribution in [0.2, 0.25) is 0 Å². The molecule has 0 radical (unpaired) electrons. The zero-order chi connectivity index (χ0) is 13.8. The summed E-state index contributed by atoms with van der Waals surface area (Å²) in [6, 6.07) is 0.308. The van der Waals surface area contributed by atoms with Crippen LogP contribution in [0.25, 0.3) is 0 Å². The summed E-state index contributed by atoms with van der Waals surface area (Å²) in [6.07, 6.45) is 6.57. The van der Waals surface area contributed by atoms with Crippen molar-refractivity contribution in [1.29, 1.82) is 0 Å². The Kier molecular flexibility index (Phi) is 5.22. The summed E-state index contributed by atoms with van der Waals surface area (Å²) < 4.78 is 6.03. The molecule has 0 aromatic rings. The Labute approximate surface area is 116 Å². The number of amides is 1. The molecule has 1 aliphatic heterocycles. The Balaban J connectivity index is 1.92. The van der Waals surface area contributed by atoms with Crippen LogP contribution in [0.5, 0.6) is 0 Å². The molecule has 2 aliphatic rings. The predicted octanol–water partition coefficient (Wildman–Crippen LogP) is 1.92. The Hall–Kier alpha value is -0.610. The molecule has 110 valence electrons. The monoisotopic (exact) mass is 268 g/mol. The van der Waals surface area contributed by atoms with E-state index in [1.807, 2.05) is 11.8 Å². The minimum absolute atomic E-state index is 0.179. The van der Waals surface area contributed by atoms with Crippen LogP contribution in [-0.2, 0) is 9.53 Å². The standard InChI is InChI=1S/C15H28N2O2/c1-3-14(19-13-6-4-5-7-13)15(18)17-10-12(9-16)8-11(17)2/h11-14H,3-10,16H2,1-2H3. The van der Waals surface area contributed by atoms with Crippen LogP contribution >= 0.6 is 0 Å². The molecule has 3 atom stereocenters. The van der Waals surface area contributed by atoms with Crippen LogP contribution in [0.4, 0.5) is 0 Å². The number of carbonyl (C=O) groups excluding carboxylic acids is 1. The van der Waals surface area contributed by atoms with Gasteiger partial charge in [-0.05, 0) is 45.1 Å². The number of hydrogen-bond donors (Lipinski definition) is 1. The number of nitrogens with two attached hydrogens (primary N) is 1. The summed E-state index contributed by atoms with van der Waals surface area (Å²) >= 11 is 0. The Morgan fingerprint density at radius 3 is 2.63 bits per heavy atom.